The first-order valence-electron chi connectivity index (χ1n) is 12.1. The fourth-order valence-electron chi connectivity index (χ4n) is 6.53. The van der Waals surface area contributed by atoms with Crippen LogP contribution in [-0.2, 0) is 9.53 Å². The molecule has 4 aliphatic rings. The molecule has 0 bridgehead atoms. The Kier molecular flexibility index (Phi) is 5.70. The molecule has 0 aromatic heterocycles. The maximum atomic E-state index is 12.9. The summed E-state index contributed by atoms with van der Waals surface area (Å²) in [6, 6.07) is 8.19. The van der Waals surface area contributed by atoms with Gasteiger partial charge in [-0.1, -0.05) is 25.5 Å². The zero-order valence-corrected chi connectivity index (χ0v) is 19.5. The summed E-state index contributed by atoms with van der Waals surface area (Å²) in [5.41, 5.74) is 2.26. The molecule has 1 aromatic rings. The van der Waals surface area contributed by atoms with E-state index in [2.05, 4.69) is 41.9 Å². The van der Waals surface area contributed by atoms with Crippen molar-refractivity contribution in [3.05, 3.63) is 35.9 Å². The van der Waals surface area contributed by atoms with Gasteiger partial charge >= 0.3 is 5.97 Å². The van der Waals surface area contributed by atoms with Crippen molar-refractivity contribution in [1.29, 1.82) is 0 Å². The van der Waals surface area contributed by atoms with Crippen LogP contribution in [0.2, 0.25) is 0 Å². The molecule has 1 aromatic carbocycles. The van der Waals surface area contributed by atoms with Crippen LogP contribution in [0.3, 0.4) is 0 Å². The molecular formula is C26H36N2O4. The predicted molar refractivity (Wildman–Crippen MR) is 124 cm³/mol. The van der Waals surface area contributed by atoms with Gasteiger partial charge in [-0.25, -0.2) is 0 Å². The Balaban J connectivity index is 1.25. The highest BCUT2D eigenvalue weighted by Crippen LogP contribution is 2.56. The number of hydrogen-bond acceptors (Lipinski definition) is 6. The van der Waals surface area contributed by atoms with Gasteiger partial charge < -0.3 is 19.5 Å². The highest BCUT2D eigenvalue weighted by Gasteiger charge is 2.59. The number of fused-ring (bicyclic) bond motifs is 2. The van der Waals surface area contributed by atoms with Gasteiger partial charge in [0.25, 0.3) is 0 Å². The first-order valence-corrected chi connectivity index (χ1v) is 12.1. The lowest BCUT2D eigenvalue weighted by molar-refractivity contribution is -0.145. The van der Waals surface area contributed by atoms with Gasteiger partial charge in [-0.15, -0.1) is 0 Å². The normalized spacial score (nSPS) is 37.4. The summed E-state index contributed by atoms with van der Waals surface area (Å²) in [7, 11) is 1.68. The Morgan fingerprint density at radius 3 is 2.59 bits per heavy atom. The summed E-state index contributed by atoms with van der Waals surface area (Å²) < 4.78 is 11.1. The van der Waals surface area contributed by atoms with Gasteiger partial charge in [-0.2, -0.15) is 0 Å². The molecule has 2 aliphatic heterocycles. The minimum absolute atomic E-state index is 0.107. The first kappa shape index (κ1) is 21.8. The van der Waals surface area contributed by atoms with Crippen LogP contribution in [0.4, 0.5) is 5.69 Å². The van der Waals surface area contributed by atoms with Crippen molar-refractivity contribution in [2.75, 3.05) is 44.7 Å². The number of hydrogen-bond donors (Lipinski definition) is 1. The fourth-order valence-corrected chi connectivity index (χ4v) is 6.53. The van der Waals surface area contributed by atoms with Gasteiger partial charge in [-0.3, -0.25) is 9.69 Å². The van der Waals surface area contributed by atoms with E-state index in [0.717, 1.165) is 51.2 Å². The highest BCUT2D eigenvalue weighted by molar-refractivity contribution is 5.76. The second-order valence-corrected chi connectivity index (χ2v) is 10.3. The number of carbonyl (C=O) groups excluding carboxylic acids is 1. The van der Waals surface area contributed by atoms with Crippen LogP contribution >= 0.6 is 0 Å². The van der Waals surface area contributed by atoms with E-state index >= 15 is 0 Å². The van der Waals surface area contributed by atoms with Gasteiger partial charge in [0.1, 0.15) is 11.9 Å². The molecule has 6 atom stereocenters. The third kappa shape index (κ3) is 3.52. The molecule has 0 amide bonds. The van der Waals surface area contributed by atoms with Crippen molar-refractivity contribution in [3.63, 3.8) is 0 Å². The zero-order valence-electron chi connectivity index (χ0n) is 19.5. The van der Waals surface area contributed by atoms with Gasteiger partial charge in [0.15, 0.2) is 0 Å². The van der Waals surface area contributed by atoms with Crippen LogP contribution in [0.15, 0.2) is 35.9 Å². The van der Waals surface area contributed by atoms with E-state index in [1.54, 1.807) is 7.11 Å². The Morgan fingerprint density at radius 1 is 1.19 bits per heavy atom. The molecule has 2 saturated heterocycles. The van der Waals surface area contributed by atoms with E-state index in [9.17, 15) is 9.90 Å². The summed E-state index contributed by atoms with van der Waals surface area (Å²) in [5, 5.41) is 11.5. The van der Waals surface area contributed by atoms with Gasteiger partial charge in [-0.05, 0) is 43.0 Å². The lowest BCUT2D eigenvalue weighted by atomic mass is 9.55. The minimum Gasteiger partial charge on any atom is -0.497 e. The van der Waals surface area contributed by atoms with E-state index in [-0.39, 0.29) is 29.3 Å². The van der Waals surface area contributed by atoms with Gasteiger partial charge in [0.2, 0.25) is 0 Å². The van der Waals surface area contributed by atoms with Crippen LogP contribution in [0, 0.1) is 23.2 Å². The van der Waals surface area contributed by atoms with Crippen molar-refractivity contribution < 1.29 is 19.4 Å². The van der Waals surface area contributed by atoms with Crippen LogP contribution < -0.4 is 9.64 Å². The quantitative estimate of drug-likeness (QED) is 0.574. The predicted octanol–water partition coefficient (Wildman–Crippen LogP) is 3.10. The number of benzene rings is 1. The van der Waals surface area contributed by atoms with E-state index in [4.69, 9.17) is 9.47 Å². The SMILES string of the molecule is COc1ccc(N2CCN(C[C@H]3C(=O)O[C@@H]4CC5=CCC[C@H](C)[C@@]5(C)[C@H](O)[C@@H]43)CC2)cc1. The molecule has 0 unspecified atom stereocenters. The third-order valence-electron chi connectivity index (χ3n) is 8.84. The van der Waals surface area contributed by atoms with Crippen molar-refractivity contribution in [2.45, 2.75) is 45.3 Å². The molecule has 0 spiro atoms. The number of carbonyl (C=O) groups is 1. The monoisotopic (exact) mass is 440 g/mol. The molecule has 6 nitrogen and oxygen atoms in total. The number of piperazine rings is 1. The minimum atomic E-state index is -0.528. The number of aliphatic hydroxyl groups is 1. The van der Waals surface area contributed by atoms with Crippen molar-refractivity contribution in [3.8, 4) is 5.75 Å². The Bertz CT molecular complexity index is 876. The summed E-state index contributed by atoms with van der Waals surface area (Å²) in [4.78, 5) is 17.6. The van der Waals surface area contributed by atoms with Crippen molar-refractivity contribution >= 4 is 11.7 Å². The Morgan fingerprint density at radius 2 is 1.91 bits per heavy atom. The largest absolute Gasteiger partial charge is 0.497 e. The van der Waals surface area contributed by atoms with Crippen molar-refractivity contribution in [1.82, 2.24) is 4.90 Å². The number of aliphatic hydroxyl groups excluding tert-OH is 1. The van der Waals surface area contributed by atoms with Gasteiger partial charge in [0.05, 0.1) is 19.1 Å². The summed E-state index contributed by atoms with van der Waals surface area (Å²) >= 11 is 0. The molecule has 0 radical (unpaired) electrons. The van der Waals surface area contributed by atoms with Crippen molar-refractivity contribution in [2.24, 2.45) is 23.2 Å². The number of anilines is 1. The summed E-state index contributed by atoms with van der Waals surface area (Å²) in [6.07, 6.45) is 4.54. The number of rotatable bonds is 4. The second-order valence-electron chi connectivity index (χ2n) is 10.3. The standard InChI is InChI=1S/C26H36N2O4/c1-17-5-4-6-18-15-22-23(24(29)26(17,18)2)21(25(30)32-22)16-27-11-13-28(14-12-27)19-7-9-20(31-3)10-8-19/h6-10,17,21-24,29H,4-5,11-16H2,1-3H3/t17-,21+,22+,23+,24+,26+/m0/s1. The Hall–Kier alpha value is -2.05. The third-order valence-corrected chi connectivity index (χ3v) is 8.84. The number of esters is 1. The maximum Gasteiger partial charge on any atom is 0.311 e. The van der Waals surface area contributed by atoms with E-state index < -0.39 is 6.10 Å². The summed E-state index contributed by atoms with van der Waals surface area (Å²) in [5.74, 6) is 0.821. The zero-order chi connectivity index (χ0) is 22.5. The van der Waals surface area contributed by atoms with E-state index in [1.165, 1.54) is 11.3 Å². The molecule has 3 fully saturated rings. The number of methoxy groups -OCH3 is 1. The topological polar surface area (TPSA) is 62.2 Å². The van der Waals surface area contributed by atoms with Gasteiger partial charge in [0, 0.05) is 56.2 Å². The molecule has 1 saturated carbocycles. The molecule has 5 rings (SSSR count). The lowest BCUT2D eigenvalue weighted by Crippen LogP contribution is -2.55. The molecule has 2 heterocycles. The molecule has 32 heavy (non-hydrogen) atoms. The first-order chi connectivity index (χ1) is 15.4. The number of allylic oxidation sites excluding steroid dienone is 1. The average molecular weight is 441 g/mol. The fraction of sp³-hybridized carbons (Fsp3) is 0.654. The summed E-state index contributed by atoms with van der Waals surface area (Å²) in [6.45, 7) is 8.79. The highest BCUT2D eigenvalue weighted by atomic mass is 16.6. The average Bonchev–Trinajstić information content (AvgIpc) is 3.11. The molecular weight excluding hydrogens is 404 g/mol. The Labute approximate surface area is 191 Å². The molecule has 174 valence electrons. The van der Waals surface area contributed by atoms with Crippen LogP contribution in [-0.4, -0.2) is 68.0 Å². The number of nitrogens with zero attached hydrogens (tertiary/aromatic N) is 2. The van der Waals surface area contributed by atoms with E-state index in [1.807, 2.05) is 12.1 Å². The lowest BCUT2D eigenvalue weighted by Gasteiger charge is -2.52. The van der Waals surface area contributed by atoms with Crippen LogP contribution in [0.1, 0.15) is 33.1 Å². The molecule has 2 aliphatic carbocycles. The van der Waals surface area contributed by atoms with E-state index in [0.29, 0.717) is 12.5 Å². The number of ether oxygens (including phenoxy) is 2. The van der Waals surface area contributed by atoms with Crippen LogP contribution in [0.5, 0.6) is 5.75 Å². The maximum absolute atomic E-state index is 12.9. The van der Waals surface area contributed by atoms with Crippen LogP contribution in [0.25, 0.3) is 0 Å². The smallest absolute Gasteiger partial charge is 0.311 e. The second kappa shape index (κ2) is 8.38. The molecule has 1 N–H and O–H groups in total. The molecule has 6 heteroatoms.